The zero-order valence-electron chi connectivity index (χ0n) is 8.06. The average molecular weight is 254 g/mol. The lowest BCUT2D eigenvalue weighted by Gasteiger charge is -2.13. The largest absolute Gasteiger partial charge is 0.573 e. The molecule has 0 saturated heterocycles. The van der Waals surface area contributed by atoms with Gasteiger partial charge in [-0.25, -0.2) is 0 Å². The van der Waals surface area contributed by atoms with E-state index in [2.05, 4.69) is 10.1 Å². The fraction of sp³-hybridized carbons (Fsp3) is 0.222. The summed E-state index contributed by atoms with van der Waals surface area (Å²) >= 11 is 5.52. The van der Waals surface area contributed by atoms with Gasteiger partial charge in [0.1, 0.15) is 0 Å². The van der Waals surface area contributed by atoms with Gasteiger partial charge in [0, 0.05) is 18.0 Å². The zero-order chi connectivity index (χ0) is 12.3. The minimum absolute atomic E-state index is 0.0772. The van der Waals surface area contributed by atoms with E-state index in [1.165, 1.54) is 19.1 Å². The number of rotatable bonds is 2. The maximum Gasteiger partial charge on any atom is 0.573 e. The number of hydrogen-bond donors (Lipinski definition) is 1. The number of halogens is 4. The highest BCUT2D eigenvalue weighted by Crippen LogP contribution is 2.32. The van der Waals surface area contributed by atoms with Gasteiger partial charge in [0.25, 0.3) is 0 Å². The maximum atomic E-state index is 12.0. The second-order valence-electron chi connectivity index (χ2n) is 2.87. The molecule has 1 rings (SSSR count). The lowest BCUT2D eigenvalue weighted by atomic mass is 10.3. The Kier molecular flexibility index (Phi) is 3.64. The van der Waals surface area contributed by atoms with Gasteiger partial charge in [-0.15, -0.1) is 13.2 Å². The molecule has 0 atom stereocenters. The van der Waals surface area contributed by atoms with Gasteiger partial charge in [-0.1, -0.05) is 11.6 Å². The van der Waals surface area contributed by atoms with Crippen molar-refractivity contribution >= 4 is 23.2 Å². The molecular weight excluding hydrogens is 247 g/mol. The van der Waals surface area contributed by atoms with Crippen LogP contribution in [0, 0.1) is 0 Å². The number of ether oxygens (including phenoxy) is 1. The van der Waals surface area contributed by atoms with Crippen molar-refractivity contribution in [3.8, 4) is 5.75 Å². The summed E-state index contributed by atoms with van der Waals surface area (Å²) in [5.41, 5.74) is -0.0887. The van der Waals surface area contributed by atoms with Crippen LogP contribution in [-0.2, 0) is 4.79 Å². The summed E-state index contributed by atoms with van der Waals surface area (Å²) in [5.74, 6) is -1.05. The van der Waals surface area contributed by atoms with Crippen LogP contribution < -0.4 is 10.1 Å². The van der Waals surface area contributed by atoms with Crippen LogP contribution in [0.5, 0.6) is 5.75 Å². The molecule has 7 heteroatoms. The minimum atomic E-state index is -4.84. The van der Waals surface area contributed by atoms with E-state index in [1.54, 1.807) is 0 Å². The Labute approximate surface area is 94.2 Å². The third-order valence-electron chi connectivity index (χ3n) is 1.48. The van der Waals surface area contributed by atoms with Crippen LogP contribution in [0.1, 0.15) is 6.92 Å². The fourth-order valence-electron chi connectivity index (χ4n) is 0.998. The number of amides is 1. The first-order valence-electron chi connectivity index (χ1n) is 4.11. The first-order valence-corrected chi connectivity index (χ1v) is 4.48. The lowest BCUT2D eigenvalue weighted by molar-refractivity contribution is -0.274. The van der Waals surface area contributed by atoms with E-state index in [9.17, 15) is 18.0 Å². The third kappa shape index (κ3) is 3.98. The van der Waals surface area contributed by atoms with Gasteiger partial charge >= 0.3 is 6.36 Å². The van der Waals surface area contributed by atoms with E-state index < -0.39 is 18.0 Å². The number of alkyl halides is 3. The van der Waals surface area contributed by atoms with Gasteiger partial charge in [0.15, 0.2) is 5.75 Å². The molecular formula is C9H7ClF3NO2. The van der Waals surface area contributed by atoms with Gasteiger partial charge in [-0.3, -0.25) is 4.79 Å². The highest BCUT2D eigenvalue weighted by atomic mass is 35.5. The monoisotopic (exact) mass is 253 g/mol. The molecule has 3 nitrogen and oxygen atoms in total. The molecule has 0 radical (unpaired) electrons. The van der Waals surface area contributed by atoms with E-state index in [4.69, 9.17) is 11.6 Å². The summed E-state index contributed by atoms with van der Waals surface area (Å²) in [6.45, 7) is 1.17. The van der Waals surface area contributed by atoms with E-state index in [0.717, 1.165) is 6.07 Å². The van der Waals surface area contributed by atoms with Crippen LogP contribution in [0.25, 0.3) is 0 Å². The Morgan fingerprint density at radius 2 is 2.06 bits per heavy atom. The van der Waals surface area contributed by atoms with Crippen molar-refractivity contribution in [2.75, 3.05) is 5.32 Å². The van der Waals surface area contributed by atoms with Crippen LogP contribution >= 0.6 is 11.6 Å². The van der Waals surface area contributed by atoms with Crippen molar-refractivity contribution in [2.45, 2.75) is 13.3 Å². The second-order valence-corrected chi connectivity index (χ2v) is 3.31. The highest BCUT2D eigenvalue weighted by Gasteiger charge is 2.32. The molecule has 88 valence electrons. The van der Waals surface area contributed by atoms with Crippen LogP contribution in [0.3, 0.4) is 0 Å². The number of hydrogen-bond acceptors (Lipinski definition) is 2. The van der Waals surface area contributed by atoms with Gasteiger partial charge in [0.05, 0.1) is 5.69 Å². The predicted octanol–water partition coefficient (Wildman–Crippen LogP) is 3.20. The number of anilines is 1. The van der Waals surface area contributed by atoms with Crippen molar-refractivity contribution in [3.63, 3.8) is 0 Å². The SMILES string of the molecule is CC(=O)Nc1ccc(Cl)cc1OC(F)(F)F. The van der Waals surface area contributed by atoms with Crippen molar-refractivity contribution in [1.82, 2.24) is 0 Å². The van der Waals surface area contributed by atoms with E-state index in [-0.39, 0.29) is 10.7 Å². The Balaban J connectivity index is 3.03. The molecule has 16 heavy (non-hydrogen) atoms. The van der Waals surface area contributed by atoms with E-state index in [1.807, 2.05) is 0 Å². The average Bonchev–Trinajstić information content (AvgIpc) is 2.06. The molecule has 1 amide bonds. The summed E-state index contributed by atoms with van der Waals surface area (Å²) < 4.78 is 39.8. The summed E-state index contributed by atoms with van der Waals surface area (Å²) in [5, 5.41) is 2.28. The molecule has 0 fully saturated rings. The fourth-order valence-corrected chi connectivity index (χ4v) is 1.16. The molecule has 0 aliphatic heterocycles. The predicted molar refractivity (Wildman–Crippen MR) is 52.4 cm³/mol. The zero-order valence-corrected chi connectivity index (χ0v) is 8.82. The molecule has 0 saturated carbocycles. The summed E-state index contributed by atoms with van der Waals surface area (Å²) in [4.78, 5) is 10.7. The lowest BCUT2D eigenvalue weighted by Crippen LogP contribution is -2.18. The van der Waals surface area contributed by atoms with Gasteiger partial charge in [-0.05, 0) is 12.1 Å². The molecule has 0 aromatic heterocycles. The molecule has 1 aromatic rings. The van der Waals surface area contributed by atoms with E-state index in [0.29, 0.717) is 0 Å². The Morgan fingerprint density at radius 3 is 2.56 bits per heavy atom. The smallest absolute Gasteiger partial charge is 0.404 e. The summed E-state index contributed by atoms with van der Waals surface area (Å²) in [6, 6.07) is 3.54. The molecule has 0 aliphatic carbocycles. The number of nitrogens with one attached hydrogen (secondary N) is 1. The molecule has 0 unspecified atom stereocenters. The van der Waals surface area contributed by atoms with Crippen LogP contribution in [0.4, 0.5) is 18.9 Å². The third-order valence-corrected chi connectivity index (χ3v) is 1.72. The number of carbonyl (C=O) groups is 1. The maximum absolute atomic E-state index is 12.0. The first kappa shape index (κ1) is 12.6. The van der Waals surface area contributed by atoms with E-state index >= 15 is 0 Å². The van der Waals surface area contributed by atoms with Crippen LogP contribution in [0.2, 0.25) is 5.02 Å². The van der Waals surface area contributed by atoms with Crippen molar-refractivity contribution in [1.29, 1.82) is 0 Å². The first-order chi connectivity index (χ1) is 7.28. The number of carbonyl (C=O) groups excluding carboxylic acids is 1. The van der Waals surface area contributed by atoms with Crippen molar-refractivity contribution in [3.05, 3.63) is 23.2 Å². The van der Waals surface area contributed by atoms with Gasteiger partial charge in [0.2, 0.25) is 5.91 Å². The minimum Gasteiger partial charge on any atom is -0.404 e. The molecule has 0 aliphatic rings. The number of benzene rings is 1. The molecule has 0 bridgehead atoms. The molecule has 0 spiro atoms. The molecule has 1 aromatic carbocycles. The Hall–Kier alpha value is -1.43. The van der Waals surface area contributed by atoms with Crippen LogP contribution in [-0.4, -0.2) is 12.3 Å². The quantitative estimate of drug-likeness (QED) is 0.879. The van der Waals surface area contributed by atoms with Gasteiger partial charge in [-0.2, -0.15) is 0 Å². The van der Waals surface area contributed by atoms with Crippen molar-refractivity contribution < 1.29 is 22.7 Å². The Morgan fingerprint density at radius 1 is 1.44 bits per heavy atom. The van der Waals surface area contributed by atoms with Gasteiger partial charge < -0.3 is 10.1 Å². The second kappa shape index (κ2) is 4.61. The molecule has 0 heterocycles. The standard InChI is InChI=1S/C9H7ClF3NO2/c1-5(15)14-7-3-2-6(10)4-8(7)16-9(11,12)13/h2-4H,1H3,(H,14,15). The van der Waals surface area contributed by atoms with Crippen LogP contribution in [0.15, 0.2) is 18.2 Å². The summed E-state index contributed by atoms with van der Waals surface area (Å²) in [6.07, 6.45) is -4.84. The Bertz CT molecular complexity index is 406. The highest BCUT2D eigenvalue weighted by molar-refractivity contribution is 6.30. The summed E-state index contributed by atoms with van der Waals surface area (Å²) in [7, 11) is 0. The topological polar surface area (TPSA) is 38.3 Å². The molecule has 1 N–H and O–H groups in total. The van der Waals surface area contributed by atoms with Crippen molar-refractivity contribution in [2.24, 2.45) is 0 Å². The normalized spacial score (nSPS) is 11.1.